The second kappa shape index (κ2) is 5.64. The first kappa shape index (κ1) is 14.5. The van der Waals surface area contributed by atoms with Crippen molar-refractivity contribution in [2.75, 3.05) is 11.8 Å². The molecule has 0 radical (unpaired) electrons. The molecule has 0 atom stereocenters. The molecule has 0 spiro atoms. The molecule has 2 aromatic rings. The van der Waals surface area contributed by atoms with Crippen LogP contribution in [0, 0.1) is 6.92 Å². The van der Waals surface area contributed by atoms with Crippen LogP contribution in [0.4, 0.5) is 5.82 Å². The van der Waals surface area contributed by atoms with Gasteiger partial charge in [0.15, 0.2) is 0 Å². The van der Waals surface area contributed by atoms with Crippen LogP contribution in [0.5, 0.6) is 5.88 Å². The van der Waals surface area contributed by atoms with Gasteiger partial charge in [0.1, 0.15) is 15.9 Å². The molecule has 1 N–H and O–H groups in total. The van der Waals surface area contributed by atoms with Crippen molar-refractivity contribution in [1.29, 1.82) is 0 Å². The smallest absolute Gasteiger partial charge is 0.266 e. The van der Waals surface area contributed by atoms with Crippen molar-refractivity contribution in [3.63, 3.8) is 0 Å². The van der Waals surface area contributed by atoms with Crippen molar-refractivity contribution in [3.05, 3.63) is 41.2 Å². The molecule has 0 aliphatic heterocycles. The van der Waals surface area contributed by atoms with E-state index >= 15 is 0 Å². The van der Waals surface area contributed by atoms with Gasteiger partial charge in [0.05, 0.1) is 7.11 Å². The van der Waals surface area contributed by atoms with Crippen LogP contribution >= 0.6 is 11.6 Å². The van der Waals surface area contributed by atoms with Gasteiger partial charge >= 0.3 is 0 Å². The average molecular weight is 314 g/mol. The third-order valence-corrected chi connectivity index (χ3v) is 4.30. The molecule has 0 aromatic carbocycles. The fraction of sp³-hybridized carbons (Fsp3) is 0.167. The van der Waals surface area contributed by atoms with E-state index in [1.807, 2.05) is 6.92 Å². The normalized spacial score (nSPS) is 11.2. The third kappa shape index (κ3) is 3.00. The van der Waals surface area contributed by atoms with Crippen LogP contribution in [0.2, 0.25) is 5.15 Å². The van der Waals surface area contributed by atoms with Gasteiger partial charge in [-0.1, -0.05) is 17.7 Å². The molecule has 0 saturated heterocycles. The summed E-state index contributed by atoms with van der Waals surface area (Å²) in [6.07, 6.45) is 1.41. The molecule has 0 aliphatic rings. The van der Waals surface area contributed by atoms with Crippen molar-refractivity contribution >= 4 is 27.4 Å². The van der Waals surface area contributed by atoms with Crippen LogP contribution in [-0.4, -0.2) is 25.5 Å². The predicted octanol–water partition coefficient (Wildman–Crippen LogP) is 2.25. The number of hydrogen-bond acceptors (Lipinski definition) is 5. The number of hydrogen-bond donors (Lipinski definition) is 1. The summed E-state index contributed by atoms with van der Waals surface area (Å²) < 4.78 is 31.8. The molecule has 2 aromatic heterocycles. The van der Waals surface area contributed by atoms with Crippen LogP contribution < -0.4 is 9.46 Å². The minimum atomic E-state index is -3.84. The van der Waals surface area contributed by atoms with Crippen LogP contribution in [0.3, 0.4) is 0 Å². The molecule has 0 aliphatic carbocycles. The van der Waals surface area contributed by atoms with E-state index < -0.39 is 10.0 Å². The zero-order valence-electron chi connectivity index (χ0n) is 10.8. The molecule has 2 rings (SSSR count). The minimum absolute atomic E-state index is 0.0981. The van der Waals surface area contributed by atoms with Gasteiger partial charge in [-0.3, -0.25) is 4.72 Å². The van der Waals surface area contributed by atoms with Gasteiger partial charge in [0.2, 0.25) is 5.88 Å². The monoisotopic (exact) mass is 313 g/mol. The summed E-state index contributed by atoms with van der Waals surface area (Å²) in [7, 11) is -2.38. The van der Waals surface area contributed by atoms with Gasteiger partial charge in [-0.25, -0.2) is 13.4 Å². The maximum Gasteiger partial charge on any atom is 0.266 e. The lowest BCUT2D eigenvalue weighted by atomic mass is 10.3. The Morgan fingerprint density at radius 3 is 2.70 bits per heavy atom. The number of nitrogens with zero attached hydrogens (tertiary/aromatic N) is 2. The van der Waals surface area contributed by atoms with Gasteiger partial charge in [-0.05, 0) is 25.1 Å². The van der Waals surface area contributed by atoms with Crippen LogP contribution in [0.25, 0.3) is 0 Å². The molecule has 0 saturated carbocycles. The summed E-state index contributed by atoms with van der Waals surface area (Å²) in [6.45, 7) is 1.81. The topological polar surface area (TPSA) is 81.2 Å². The number of pyridine rings is 2. The van der Waals surface area contributed by atoms with E-state index in [0.717, 1.165) is 5.56 Å². The van der Waals surface area contributed by atoms with E-state index in [-0.39, 0.29) is 15.9 Å². The van der Waals surface area contributed by atoms with Crippen molar-refractivity contribution < 1.29 is 13.2 Å². The average Bonchev–Trinajstić information content (AvgIpc) is 2.41. The molecule has 0 unspecified atom stereocenters. The number of ether oxygens (including phenoxy) is 1. The molecule has 8 heteroatoms. The Morgan fingerprint density at radius 1 is 1.30 bits per heavy atom. The van der Waals surface area contributed by atoms with E-state index in [0.29, 0.717) is 5.88 Å². The van der Waals surface area contributed by atoms with Gasteiger partial charge in [-0.2, -0.15) is 4.98 Å². The summed E-state index contributed by atoms with van der Waals surface area (Å²) >= 11 is 5.78. The summed E-state index contributed by atoms with van der Waals surface area (Å²) in [5.41, 5.74) is 0.801. The highest BCUT2D eigenvalue weighted by molar-refractivity contribution is 7.92. The Kier molecular flexibility index (Phi) is 4.10. The molecular weight excluding hydrogens is 302 g/mol. The first-order chi connectivity index (χ1) is 9.44. The second-order valence-electron chi connectivity index (χ2n) is 3.92. The SMILES string of the molecule is COc1nc(NS(=O)(=O)c2cccnc2Cl)ccc1C. The molecule has 2 heterocycles. The molecule has 0 bridgehead atoms. The van der Waals surface area contributed by atoms with Crippen molar-refractivity contribution in [2.45, 2.75) is 11.8 Å². The van der Waals surface area contributed by atoms with Crippen LogP contribution in [0.1, 0.15) is 5.56 Å². The predicted molar refractivity (Wildman–Crippen MR) is 75.6 cm³/mol. The third-order valence-electron chi connectivity index (χ3n) is 2.50. The number of aryl methyl sites for hydroxylation is 1. The number of aromatic nitrogens is 2. The second-order valence-corrected chi connectivity index (χ2v) is 5.93. The number of anilines is 1. The van der Waals surface area contributed by atoms with E-state index in [4.69, 9.17) is 16.3 Å². The number of rotatable bonds is 4. The Labute approximate surface area is 121 Å². The number of methoxy groups -OCH3 is 1. The van der Waals surface area contributed by atoms with E-state index in [1.54, 1.807) is 12.1 Å². The number of sulfonamides is 1. The quantitative estimate of drug-likeness (QED) is 0.876. The minimum Gasteiger partial charge on any atom is -0.481 e. The fourth-order valence-corrected chi connectivity index (χ4v) is 2.99. The standard InChI is InChI=1S/C12H12ClN3O3S/c1-8-5-6-10(15-12(8)19-2)16-20(17,18)9-4-3-7-14-11(9)13/h3-7H,1-2H3,(H,15,16). The first-order valence-corrected chi connectivity index (χ1v) is 7.45. The first-order valence-electron chi connectivity index (χ1n) is 5.59. The van der Waals surface area contributed by atoms with Gasteiger partial charge in [0.25, 0.3) is 10.0 Å². The fourth-order valence-electron chi connectivity index (χ4n) is 1.54. The Morgan fingerprint density at radius 2 is 2.05 bits per heavy atom. The highest BCUT2D eigenvalue weighted by Crippen LogP contribution is 2.22. The maximum atomic E-state index is 12.2. The Balaban J connectivity index is 2.36. The largest absolute Gasteiger partial charge is 0.481 e. The highest BCUT2D eigenvalue weighted by atomic mass is 35.5. The summed E-state index contributed by atoms with van der Waals surface area (Å²) in [5, 5.41) is -0.0981. The molecule has 6 nitrogen and oxygen atoms in total. The van der Waals surface area contributed by atoms with Crippen molar-refractivity contribution in [1.82, 2.24) is 9.97 Å². The molecular formula is C12H12ClN3O3S. The lowest BCUT2D eigenvalue weighted by Gasteiger charge is -2.10. The molecule has 20 heavy (non-hydrogen) atoms. The van der Waals surface area contributed by atoms with Gasteiger partial charge in [0, 0.05) is 11.8 Å². The lowest BCUT2D eigenvalue weighted by Crippen LogP contribution is -2.15. The summed E-state index contributed by atoms with van der Waals surface area (Å²) in [4.78, 5) is 7.68. The maximum absolute atomic E-state index is 12.2. The highest BCUT2D eigenvalue weighted by Gasteiger charge is 2.19. The van der Waals surface area contributed by atoms with E-state index in [9.17, 15) is 8.42 Å². The number of nitrogens with one attached hydrogen (secondary N) is 1. The summed E-state index contributed by atoms with van der Waals surface area (Å²) in [5.74, 6) is 0.495. The molecule has 106 valence electrons. The van der Waals surface area contributed by atoms with Crippen LogP contribution in [0.15, 0.2) is 35.4 Å². The van der Waals surface area contributed by atoms with Gasteiger partial charge in [-0.15, -0.1) is 0 Å². The Bertz CT molecular complexity index is 734. The lowest BCUT2D eigenvalue weighted by molar-refractivity contribution is 0.395. The summed E-state index contributed by atoms with van der Waals surface area (Å²) in [6, 6.07) is 6.10. The zero-order valence-corrected chi connectivity index (χ0v) is 12.4. The van der Waals surface area contributed by atoms with E-state index in [1.165, 1.54) is 25.4 Å². The van der Waals surface area contributed by atoms with Crippen LogP contribution in [-0.2, 0) is 10.0 Å². The number of halogens is 1. The van der Waals surface area contributed by atoms with E-state index in [2.05, 4.69) is 14.7 Å². The Hall–Kier alpha value is -1.86. The van der Waals surface area contributed by atoms with Crippen molar-refractivity contribution in [2.24, 2.45) is 0 Å². The van der Waals surface area contributed by atoms with Gasteiger partial charge < -0.3 is 4.74 Å². The zero-order chi connectivity index (χ0) is 14.8. The van der Waals surface area contributed by atoms with Crippen molar-refractivity contribution in [3.8, 4) is 5.88 Å². The molecule has 0 fully saturated rings. The molecule has 0 amide bonds.